The van der Waals surface area contributed by atoms with Gasteiger partial charge in [-0.3, -0.25) is 0 Å². The molecule has 2 heterocycles. The van der Waals surface area contributed by atoms with E-state index in [2.05, 4.69) is 21.9 Å². The highest BCUT2D eigenvalue weighted by molar-refractivity contribution is 7.89. The van der Waals surface area contributed by atoms with Crippen molar-refractivity contribution in [1.29, 1.82) is 0 Å². The molecule has 0 aliphatic carbocycles. The van der Waals surface area contributed by atoms with Crippen LogP contribution in [-0.2, 0) is 23.1 Å². The van der Waals surface area contributed by atoms with Gasteiger partial charge in [0.25, 0.3) is 10.0 Å². The lowest BCUT2D eigenvalue weighted by atomic mass is 10.4. The summed E-state index contributed by atoms with van der Waals surface area (Å²) in [5.41, 5.74) is 0. The summed E-state index contributed by atoms with van der Waals surface area (Å²) >= 11 is 0. The molecule has 21 heavy (non-hydrogen) atoms. The molecule has 2 aromatic rings. The first-order valence-electron chi connectivity index (χ1n) is 6.86. The molecule has 2 aromatic heterocycles. The smallest absolute Gasteiger partial charge is 0.274 e. The van der Waals surface area contributed by atoms with E-state index in [9.17, 15) is 8.42 Å². The molecule has 0 radical (unpaired) electrons. The summed E-state index contributed by atoms with van der Waals surface area (Å²) < 4.78 is 33.8. The molecule has 0 spiro atoms. The Hall–Kier alpha value is -1.64. The molecule has 0 amide bonds. The van der Waals surface area contributed by atoms with Gasteiger partial charge in [-0.1, -0.05) is 6.92 Å². The van der Waals surface area contributed by atoms with Crippen molar-refractivity contribution >= 4 is 10.0 Å². The van der Waals surface area contributed by atoms with Crippen molar-refractivity contribution in [3.8, 4) is 0 Å². The second-order valence-electron chi connectivity index (χ2n) is 4.60. The molecule has 0 bridgehead atoms. The van der Waals surface area contributed by atoms with Gasteiger partial charge in [0.05, 0.1) is 12.9 Å². The van der Waals surface area contributed by atoms with E-state index in [4.69, 9.17) is 4.42 Å². The predicted octanol–water partition coefficient (Wildman–Crippen LogP) is 0.954. The Morgan fingerprint density at radius 2 is 2.19 bits per heavy atom. The van der Waals surface area contributed by atoms with Crippen LogP contribution in [0.4, 0.5) is 0 Å². The lowest BCUT2D eigenvalue weighted by Gasteiger charge is -2.05. The molecular weight excluding hydrogens is 292 g/mol. The fourth-order valence-corrected chi connectivity index (χ4v) is 2.75. The van der Waals surface area contributed by atoms with Crippen LogP contribution in [0.25, 0.3) is 0 Å². The Bertz CT molecular complexity index is 634. The summed E-state index contributed by atoms with van der Waals surface area (Å²) in [5, 5.41) is 3.10. The van der Waals surface area contributed by atoms with Crippen LogP contribution < -0.4 is 10.0 Å². The van der Waals surface area contributed by atoms with Crippen LogP contribution in [0.15, 0.2) is 40.4 Å². The van der Waals surface area contributed by atoms with Gasteiger partial charge in [0.1, 0.15) is 5.76 Å². The molecule has 116 valence electrons. The van der Waals surface area contributed by atoms with E-state index in [0.717, 1.165) is 13.0 Å². The van der Waals surface area contributed by atoms with Gasteiger partial charge in [0.2, 0.25) is 5.09 Å². The Labute approximate surface area is 124 Å². The SMILES string of the molecule is CCCNCc1ccc(S(=O)(=O)NCCn2ccnc2)o1. The summed E-state index contributed by atoms with van der Waals surface area (Å²) in [4.78, 5) is 3.89. The van der Waals surface area contributed by atoms with Crippen LogP contribution in [0.5, 0.6) is 0 Å². The number of aromatic nitrogens is 2. The third kappa shape index (κ3) is 4.69. The van der Waals surface area contributed by atoms with Crippen LogP contribution in [0, 0.1) is 0 Å². The third-order valence-corrected chi connectivity index (χ3v) is 4.18. The molecule has 0 aliphatic heterocycles. The van der Waals surface area contributed by atoms with E-state index in [1.54, 1.807) is 29.4 Å². The molecule has 0 atom stereocenters. The minimum Gasteiger partial charge on any atom is -0.447 e. The quantitative estimate of drug-likeness (QED) is 0.673. The Morgan fingerprint density at radius 1 is 1.33 bits per heavy atom. The fraction of sp³-hybridized carbons (Fsp3) is 0.462. The molecule has 0 aromatic carbocycles. The van der Waals surface area contributed by atoms with Crippen molar-refractivity contribution in [3.05, 3.63) is 36.6 Å². The Morgan fingerprint density at radius 3 is 2.90 bits per heavy atom. The number of nitrogens with one attached hydrogen (secondary N) is 2. The molecule has 2 N–H and O–H groups in total. The average molecular weight is 312 g/mol. The van der Waals surface area contributed by atoms with Crippen molar-refractivity contribution in [2.24, 2.45) is 0 Å². The molecule has 0 unspecified atom stereocenters. The van der Waals surface area contributed by atoms with E-state index in [1.807, 2.05) is 0 Å². The molecule has 0 aliphatic rings. The van der Waals surface area contributed by atoms with Crippen molar-refractivity contribution in [2.75, 3.05) is 13.1 Å². The van der Waals surface area contributed by atoms with E-state index in [1.165, 1.54) is 6.07 Å². The standard InChI is InChI=1S/C13H20N4O3S/c1-2-5-14-10-12-3-4-13(20-12)21(18,19)16-7-9-17-8-6-15-11-17/h3-4,6,8,11,14,16H,2,5,7,9-10H2,1H3. The van der Waals surface area contributed by atoms with Gasteiger partial charge in [-0.2, -0.15) is 0 Å². The lowest BCUT2D eigenvalue weighted by molar-refractivity contribution is 0.399. The first-order valence-corrected chi connectivity index (χ1v) is 8.35. The van der Waals surface area contributed by atoms with E-state index in [0.29, 0.717) is 18.8 Å². The van der Waals surface area contributed by atoms with E-state index in [-0.39, 0.29) is 11.6 Å². The van der Waals surface area contributed by atoms with E-state index >= 15 is 0 Å². The van der Waals surface area contributed by atoms with Crippen LogP contribution in [-0.4, -0.2) is 31.1 Å². The van der Waals surface area contributed by atoms with Crippen molar-refractivity contribution < 1.29 is 12.8 Å². The maximum atomic E-state index is 12.1. The van der Waals surface area contributed by atoms with Gasteiger partial charge < -0.3 is 14.3 Å². The van der Waals surface area contributed by atoms with Gasteiger partial charge in [-0.25, -0.2) is 18.1 Å². The van der Waals surface area contributed by atoms with Crippen LogP contribution in [0.3, 0.4) is 0 Å². The predicted molar refractivity (Wildman–Crippen MR) is 78.1 cm³/mol. The maximum Gasteiger partial charge on any atom is 0.274 e. The molecule has 0 fully saturated rings. The number of hydrogen-bond acceptors (Lipinski definition) is 5. The van der Waals surface area contributed by atoms with Gasteiger partial charge in [0.15, 0.2) is 0 Å². The van der Waals surface area contributed by atoms with Crippen LogP contribution in [0.2, 0.25) is 0 Å². The highest BCUT2D eigenvalue weighted by atomic mass is 32.2. The number of rotatable bonds is 9. The molecule has 0 saturated carbocycles. The zero-order valence-corrected chi connectivity index (χ0v) is 12.8. The number of sulfonamides is 1. The topological polar surface area (TPSA) is 89.2 Å². The number of furan rings is 1. The van der Waals surface area contributed by atoms with Crippen molar-refractivity contribution in [3.63, 3.8) is 0 Å². The molecule has 2 rings (SSSR count). The van der Waals surface area contributed by atoms with Gasteiger partial charge in [-0.05, 0) is 25.1 Å². The monoisotopic (exact) mass is 312 g/mol. The highest BCUT2D eigenvalue weighted by Crippen LogP contribution is 2.13. The third-order valence-electron chi connectivity index (χ3n) is 2.85. The maximum absolute atomic E-state index is 12.1. The number of imidazole rings is 1. The number of nitrogens with zero attached hydrogens (tertiary/aromatic N) is 2. The summed E-state index contributed by atoms with van der Waals surface area (Å²) in [6, 6.07) is 3.15. The lowest BCUT2D eigenvalue weighted by Crippen LogP contribution is -2.26. The average Bonchev–Trinajstić information content (AvgIpc) is 3.10. The fourth-order valence-electron chi connectivity index (χ4n) is 1.79. The first-order chi connectivity index (χ1) is 10.1. The molecular formula is C13H20N4O3S. The summed E-state index contributed by atoms with van der Waals surface area (Å²) in [6.07, 6.45) is 6.08. The largest absolute Gasteiger partial charge is 0.447 e. The highest BCUT2D eigenvalue weighted by Gasteiger charge is 2.18. The van der Waals surface area contributed by atoms with Gasteiger partial charge >= 0.3 is 0 Å². The second kappa shape index (κ2) is 7.39. The molecule has 0 saturated heterocycles. The van der Waals surface area contributed by atoms with Crippen LogP contribution >= 0.6 is 0 Å². The first kappa shape index (κ1) is 15.7. The summed E-state index contributed by atoms with van der Waals surface area (Å²) in [6.45, 7) is 4.26. The minimum absolute atomic E-state index is 0.0542. The normalized spacial score (nSPS) is 11.9. The van der Waals surface area contributed by atoms with Crippen molar-refractivity contribution in [2.45, 2.75) is 31.5 Å². The van der Waals surface area contributed by atoms with Crippen molar-refractivity contribution in [1.82, 2.24) is 19.6 Å². The summed E-state index contributed by atoms with van der Waals surface area (Å²) in [5.74, 6) is 0.610. The van der Waals surface area contributed by atoms with Crippen LogP contribution in [0.1, 0.15) is 19.1 Å². The zero-order valence-electron chi connectivity index (χ0n) is 11.9. The van der Waals surface area contributed by atoms with Gasteiger partial charge in [-0.15, -0.1) is 0 Å². The number of hydrogen-bond donors (Lipinski definition) is 2. The molecule has 7 nitrogen and oxygen atoms in total. The molecule has 8 heteroatoms. The second-order valence-corrected chi connectivity index (χ2v) is 6.29. The Balaban J connectivity index is 1.86. The minimum atomic E-state index is -3.60. The van der Waals surface area contributed by atoms with E-state index < -0.39 is 10.0 Å². The van der Waals surface area contributed by atoms with Gasteiger partial charge in [0, 0.05) is 25.5 Å². The Kier molecular flexibility index (Phi) is 5.54. The zero-order chi connectivity index (χ0) is 15.1. The summed E-state index contributed by atoms with van der Waals surface area (Å²) in [7, 11) is -3.60.